The smallest absolute Gasteiger partial charge is 0.410 e. The van der Waals surface area contributed by atoms with Gasteiger partial charge < -0.3 is 19.5 Å². The van der Waals surface area contributed by atoms with Gasteiger partial charge in [-0.2, -0.15) is 5.26 Å². The summed E-state index contributed by atoms with van der Waals surface area (Å²) in [5.74, 6) is -0.150. The number of amides is 2. The minimum atomic E-state index is -0.384. The number of hydrogen-bond acceptors (Lipinski definition) is 7. The molecular weight excluding hydrogens is 452 g/mol. The van der Waals surface area contributed by atoms with Crippen LogP contribution < -0.4 is 5.32 Å². The molecule has 0 radical (unpaired) electrons. The van der Waals surface area contributed by atoms with Gasteiger partial charge in [0.25, 0.3) is 0 Å². The Morgan fingerprint density at radius 3 is 2.97 bits per heavy atom. The van der Waals surface area contributed by atoms with E-state index < -0.39 is 0 Å². The van der Waals surface area contributed by atoms with Gasteiger partial charge in [0.05, 0.1) is 30.7 Å². The molecule has 4 rings (SSSR count). The number of carbonyl (C=O) groups is 2. The molecule has 0 saturated heterocycles. The molecule has 1 N–H and O–H groups in total. The zero-order valence-electron chi connectivity index (χ0n) is 19.2. The number of rotatable bonds is 7. The zero-order valence-corrected chi connectivity index (χ0v) is 20.0. The number of carbonyl (C=O) groups excluding carboxylic acids is 2. The second-order valence-electron chi connectivity index (χ2n) is 8.30. The van der Waals surface area contributed by atoms with E-state index in [4.69, 9.17) is 4.74 Å². The Labute approximate surface area is 202 Å². The summed E-state index contributed by atoms with van der Waals surface area (Å²) in [5.41, 5.74) is 3.29. The van der Waals surface area contributed by atoms with Gasteiger partial charge in [-0.15, -0.1) is 11.3 Å². The van der Waals surface area contributed by atoms with Gasteiger partial charge in [0, 0.05) is 36.4 Å². The maximum atomic E-state index is 12.7. The molecule has 4 heterocycles. The minimum absolute atomic E-state index is 0.00493. The highest BCUT2D eigenvalue weighted by Crippen LogP contribution is 2.37. The Kier molecular flexibility index (Phi) is 7.23. The highest BCUT2D eigenvalue weighted by molar-refractivity contribution is 7.16. The zero-order chi connectivity index (χ0) is 24.1. The first-order chi connectivity index (χ1) is 16.4. The lowest BCUT2D eigenvalue weighted by Gasteiger charge is -2.26. The number of nitriles is 1. The van der Waals surface area contributed by atoms with Crippen LogP contribution in [-0.4, -0.2) is 44.6 Å². The average molecular weight is 479 g/mol. The second kappa shape index (κ2) is 10.5. The molecular formula is C24H26N6O3S. The van der Waals surface area contributed by atoms with Crippen LogP contribution in [0.4, 0.5) is 9.80 Å². The van der Waals surface area contributed by atoms with Crippen LogP contribution in [0, 0.1) is 18.3 Å². The Morgan fingerprint density at radius 1 is 1.41 bits per heavy atom. The van der Waals surface area contributed by atoms with Crippen LogP contribution in [0.1, 0.15) is 46.5 Å². The molecule has 9 nitrogen and oxygen atoms in total. The van der Waals surface area contributed by atoms with E-state index in [2.05, 4.69) is 21.4 Å². The number of thiophene rings is 1. The Balaban J connectivity index is 1.35. The number of aryl methyl sites for hydroxylation is 1. The number of anilines is 1. The molecule has 1 atom stereocenters. The normalized spacial score (nSPS) is 13.6. The maximum Gasteiger partial charge on any atom is 0.410 e. The summed E-state index contributed by atoms with van der Waals surface area (Å²) in [7, 11) is 0. The number of nitrogens with one attached hydrogen (secondary N) is 1. The third-order valence-electron chi connectivity index (χ3n) is 5.76. The van der Waals surface area contributed by atoms with Crippen molar-refractivity contribution in [3.05, 3.63) is 64.3 Å². The first-order valence-electron chi connectivity index (χ1n) is 11.1. The fraction of sp³-hybridized carbons (Fsp3) is 0.375. The Hall–Kier alpha value is -3.71. The Bertz CT molecular complexity index is 1210. The number of hydrogen-bond donors (Lipinski definition) is 1. The van der Waals surface area contributed by atoms with E-state index in [1.807, 2.05) is 36.7 Å². The van der Waals surface area contributed by atoms with Crippen LogP contribution in [0.5, 0.6) is 0 Å². The summed E-state index contributed by atoms with van der Waals surface area (Å²) in [4.78, 5) is 36.0. The van der Waals surface area contributed by atoms with Crippen molar-refractivity contribution in [3.8, 4) is 6.07 Å². The van der Waals surface area contributed by atoms with Crippen LogP contribution in [0.2, 0.25) is 0 Å². The van der Waals surface area contributed by atoms with E-state index in [1.165, 1.54) is 11.3 Å². The van der Waals surface area contributed by atoms with Gasteiger partial charge in [-0.25, -0.2) is 9.78 Å². The van der Waals surface area contributed by atoms with Crippen molar-refractivity contribution in [2.75, 3.05) is 18.5 Å². The Morgan fingerprint density at radius 2 is 2.26 bits per heavy atom. The quantitative estimate of drug-likeness (QED) is 0.552. The summed E-state index contributed by atoms with van der Waals surface area (Å²) in [6.45, 7) is 5.49. The molecule has 0 aliphatic carbocycles. The second-order valence-corrected chi connectivity index (χ2v) is 9.40. The van der Waals surface area contributed by atoms with Crippen molar-refractivity contribution >= 4 is 28.3 Å². The van der Waals surface area contributed by atoms with E-state index in [0.717, 1.165) is 21.7 Å². The van der Waals surface area contributed by atoms with Crippen molar-refractivity contribution in [2.45, 2.75) is 45.7 Å². The first-order valence-corrected chi connectivity index (χ1v) is 11.9. The summed E-state index contributed by atoms with van der Waals surface area (Å²) in [6.07, 6.45) is 7.51. The topological polar surface area (TPSA) is 113 Å². The van der Waals surface area contributed by atoms with Crippen molar-refractivity contribution in [1.82, 2.24) is 19.4 Å². The van der Waals surface area contributed by atoms with E-state index in [0.29, 0.717) is 36.6 Å². The molecule has 1 aliphatic rings. The lowest BCUT2D eigenvalue weighted by Crippen LogP contribution is -2.36. The molecule has 3 aromatic rings. The number of fused-ring (bicyclic) bond motifs is 1. The van der Waals surface area contributed by atoms with E-state index in [1.54, 1.807) is 23.6 Å². The monoisotopic (exact) mass is 478 g/mol. The number of aromatic nitrogens is 3. The number of imidazole rings is 1. The van der Waals surface area contributed by atoms with Gasteiger partial charge in [-0.3, -0.25) is 9.78 Å². The average Bonchev–Trinajstić information content (AvgIpc) is 3.40. The highest BCUT2D eigenvalue weighted by Gasteiger charge is 2.28. The molecule has 0 bridgehead atoms. The number of pyridine rings is 1. The summed E-state index contributed by atoms with van der Waals surface area (Å²) >= 11 is 1.35. The van der Waals surface area contributed by atoms with Crippen molar-refractivity contribution in [2.24, 2.45) is 0 Å². The fourth-order valence-corrected chi connectivity index (χ4v) is 5.16. The molecule has 0 fully saturated rings. The molecule has 34 heavy (non-hydrogen) atoms. The molecule has 0 spiro atoms. The van der Waals surface area contributed by atoms with Crippen molar-refractivity contribution in [3.63, 3.8) is 0 Å². The predicted molar refractivity (Wildman–Crippen MR) is 127 cm³/mol. The summed E-state index contributed by atoms with van der Waals surface area (Å²) in [6, 6.07) is 6.03. The van der Waals surface area contributed by atoms with E-state index >= 15 is 0 Å². The SMILES string of the molecule is Cc1cn(CCOC(=O)N2CCc3c(sc(NC(=O)CC(C)c4cccnc4)c3C#N)C2)cn1. The van der Waals surface area contributed by atoms with Crippen molar-refractivity contribution < 1.29 is 14.3 Å². The third kappa shape index (κ3) is 5.43. The summed E-state index contributed by atoms with van der Waals surface area (Å²) in [5, 5.41) is 13.2. The summed E-state index contributed by atoms with van der Waals surface area (Å²) < 4.78 is 7.30. The molecule has 1 aliphatic heterocycles. The first kappa shape index (κ1) is 23.4. The molecule has 1 unspecified atom stereocenters. The van der Waals surface area contributed by atoms with Gasteiger partial charge >= 0.3 is 6.09 Å². The van der Waals surface area contributed by atoms with Crippen LogP contribution in [0.3, 0.4) is 0 Å². The molecule has 2 amide bonds. The van der Waals surface area contributed by atoms with Crippen molar-refractivity contribution in [1.29, 1.82) is 5.26 Å². The van der Waals surface area contributed by atoms with Crippen LogP contribution in [-0.2, 0) is 29.0 Å². The van der Waals surface area contributed by atoms with Crippen LogP contribution in [0.25, 0.3) is 0 Å². The standard InChI is InChI=1S/C24H26N6O3S/c1-16(18-4-3-6-26-12-18)10-22(31)28-23-20(11-25)19-5-7-30(14-21(19)34-23)24(32)33-9-8-29-13-17(2)27-15-29/h3-4,6,12-13,15-16H,5,7-10,14H2,1-2H3,(H,28,31). The lowest BCUT2D eigenvalue weighted by molar-refractivity contribution is -0.116. The molecule has 0 aromatic carbocycles. The fourth-order valence-electron chi connectivity index (χ4n) is 3.93. The predicted octanol–water partition coefficient (Wildman–Crippen LogP) is 3.85. The van der Waals surface area contributed by atoms with Crippen LogP contribution in [0.15, 0.2) is 37.1 Å². The van der Waals surface area contributed by atoms with Gasteiger partial charge in [-0.05, 0) is 36.5 Å². The molecule has 0 saturated carbocycles. The highest BCUT2D eigenvalue weighted by atomic mass is 32.1. The largest absolute Gasteiger partial charge is 0.448 e. The molecule has 176 valence electrons. The third-order valence-corrected chi connectivity index (χ3v) is 6.89. The van der Waals surface area contributed by atoms with E-state index in [9.17, 15) is 14.9 Å². The van der Waals surface area contributed by atoms with E-state index in [-0.39, 0.29) is 30.9 Å². The van der Waals surface area contributed by atoms with Gasteiger partial charge in [0.2, 0.25) is 5.91 Å². The molecule has 3 aromatic heterocycles. The van der Waals surface area contributed by atoms with Gasteiger partial charge in [-0.1, -0.05) is 13.0 Å². The maximum absolute atomic E-state index is 12.7. The van der Waals surface area contributed by atoms with Gasteiger partial charge in [0.1, 0.15) is 17.7 Å². The number of ether oxygens (including phenoxy) is 1. The molecule has 10 heteroatoms. The van der Waals surface area contributed by atoms with Gasteiger partial charge in [0.15, 0.2) is 0 Å². The van der Waals surface area contributed by atoms with Crippen LogP contribution >= 0.6 is 11.3 Å². The number of nitrogens with zero attached hydrogens (tertiary/aromatic N) is 5. The minimum Gasteiger partial charge on any atom is -0.448 e. The lowest BCUT2D eigenvalue weighted by atomic mass is 9.99.